The molecule has 1 atom stereocenters. The Labute approximate surface area is 146 Å². The second-order valence-corrected chi connectivity index (χ2v) is 6.36. The highest BCUT2D eigenvalue weighted by atomic mass is 35.5. The van der Waals surface area contributed by atoms with Gasteiger partial charge in [-0.05, 0) is 32.6 Å². The third-order valence-corrected chi connectivity index (χ3v) is 4.32. The first-order valence-electron chi connectivity index (χ1n) is 7.78. The number of pyridine rings is 1. The number of likely N-dealkylation sites (N-methyl/N-ethyl adjacent to an activating group) is 1. The SMILES string of the molecule is COc1nc(N2CCC(N(C)C)C2)ccc1Nc1ncc(Cl)cn1. The molecule has 0 bridgehead atoms. The van der Waals surface area contributed by atoms with Gasteiger partial charge in [-0.15, -0.1) is 0 Å². The zero-order valence-electron chi connectivity index (χ0n) is 14.0. The van der Waals surface area contributed by atoms with Gasteiger partial charge < -0.3 is 19.9 Å². The van der Waals surface area contributed by atoms with Gasteiger partial charge in [0, 0.05) is 19.1 Å². The maximum Gasteiger partial charge on any atom is 0.239 e. The third kappa shape index (κ3) is 3.68. The van der Waals surface area contributed by atoms with Crippen LogP contribution in [-0.2, 0) is 0 Å². The molecule has 1 aliphatic heterocycles. The Kier molecular flexibility index (Phi) is 5.01. The molecule has 0 amide bonds. The second-order valence-electron chi connectivity index (χ2n) is 5.93. The van der Waals surface area contributed by atoms with Gasteiger partial charge in [0.05, 0.1) is 24.5 Å². The predicted octanol–water partition coefficient (Wildman–Crippen LogP) is 2.42. The average molecular weight is 349 g/mol. The molecule has 1 fully saturated rings. The number of halogens is 1. The average Bonchev–Trinajstić information content (AvgIpc) is 3.07. The summed E-state index contributed by atoms with van der Waals surface area (Å²) in [6, 6.07) is 4.47. The molecule has 0 saturated carbocycles. The molecule has 7 nitrogen and oxygen atoms in total. The number of nitrogens with zero attached hydrogens (tertiary/aromatic N) is 5. The van der Waals surface area contributed by atoms with Gasteiger partial charge >= 0.3 is 0 Å². The van der Waals surface area contributed by atoms with Crippen molar-refractivity contribution >= 4 is 29.1 Å². The van der Waals surface area contributed by atoms with Crippen molar-refractivity contribution in [3.05, 3.63) is 29.5 Å². The number of hydrogen-bond acceptors (Lipinski definition) is 7. The fraction of sp³-hybridized carbons (Fsp3) is 0.438. The Hall–Kier alpha value is -2.12. The highest BCUT2D eigenvalue weighted by Crippen LogP contribution is 2.29. The second kappa shape index (κ2) is 7.19. The fourth-order valence-corrected chi connectivity index (χ4v) is 2.82. The van der Waals surface area contributed by atoms with Crippen LogP contribution in [0.1, 0.15) is 6.42 Å². The molecule has 0 aromatic carbocycles. The molecular formula is C16H21ClN6O. The van der Waals surface area contributed by atoms with Gasteiger partial charge in [-0.1, -0.05) is 11.6 Å². The van der Waals surface area contributed by atoms with Crippen LogP contribution in [0.25, 0.3) is 0 Å². The number of aromatic nitrogens is 3. The zero-order chi connectivity index (χ0) is 17.1. The number of nitrogens with one attached hydrogen (secondary N) is 1. The van der Waals surface area contributed by atoms with Crippen LogP contribution in [-0.4, -0.2) is 60.2 Å². The molecule has 2 aromatic rings. The van der Waals surface area contributed by atoms with Crippen molar-refractivity contribution in [2.75, 3.05) is 44.5 Å². The molecule has 0 radical (unpaired) electrons. The molecule has 1 N–H and O–H groups in total. The standard InChI is InChI=1S/C16H21ClN6O/c1-22(2)12-6-7-23(10-12)14-5-4-13(15(21-14)24-3)20-16-18-8-11(17)9-19-16/h4-5,8-9,12H,6-7,10H2,1-3H3,(H,18,19,20). The third-order valence-electron chi connectivity index (χ3n) is 4.12. The van der Waals surface area contributed by atoms with Crippen LogP contribution in [0, 0.1) is 0 Å². The lowest BCUT2D eigenvalue weighted by molar-refractivity contribution is 0.315. The van der Waals surface area contributed by atoms with Crippen LogP contribution in [0.15, 0.2) is 24.5 Å². The molecule has 3 heterocycles. The van der Waals surface area contributed by atoms with E-state index in [0.717, 1.165) is 25.3 Å². The summed E-state index contributed by atoms with van der Waals surface area (Å²) in [4.78, 5) is 17.4. The van der Waals surface area contributed by atoms with E-state index in [9.17, 15) is 0 Å². The van der Waals surface area contributed by atoms with Gasteiger partial charge in [-0.3, -0.25) is 0 Å². The number of anilines is 3. The number of ether oxygens (including phenoxy) is 1. The van der Waals surface area contributed by atoms with Crippen molar-refractivity contribution in [1.82, 2.24) is 19.9 Å². The van der Waals surface area contributed by atoms with Crippen molar-refractivity contribution in [2.45, 2.75) is 12.5 Å². The van der Waals surface area contributed by atoms with Gasteiger partial charge in [0.15, 0.2) is 0 Å². The van der Waals surface area contributed by atoms with Gasteiger partial charge in [0.1, 0.15) is 11.5 Å². The van der Waals surface area contributed by atoms with E-state index in [4.69, 9.17) is 16.3 Å². The summed E-state index contributed by atoms with van der Waals surface area (Å²) in [5, 5.41) is 3.59. The van der Waals surface area contributed by atoms with E-state index in [2.05, 4.69) is 44.2 Å². The van der Waals surface area contributed by atoms with Crippen molar-refractivity contribution in [3.8, 4) is 5.88 Å². The summed E-state index contributed by atoms with van der Waals surface area (Å²) in [5.74, 6) is 1.87. The summed E-state index contributed by atoms with van der Waals surface area (Å²) in [6.45, 7) is 1.96. The van der Waals surface area contributed by atoms with Crippen LogP contribution >= 0.6 is 11.6 Å². The Bertz CT molecular complexity index is 693. The first kappa shape index (κ1) is 16.7. The summed E-state index contributed by atoms with van der Waals surface area (Å²) in [7, 11) is 5.83. The van der Waals surface area contributed by atoms with Crippen molar-refractivity contribution in [2.24, 2.45) is 0 Å². The van der Waals surface area contributed by atoms with Gasteiger partial charge in [0.25, 0.3) is 0 Å². The predicted molar refractivity (Wildman–Crippen MR) is 95.4 cm³/mol. The van der Waals surface area contributed by atoms with Crippen molar-refractivity contribution in [1.29, 1.82) is 0 Å². The van der Waals surface area contributed by atoms with E-state index in [1.807, 2.05) is 12.1 Å². The van der Waals surface area contributed by atoms with E-state index in [1.54, 1.807) is 7.11 Å². The molecule has 3 rings (SSSR count). The van der Waals surface area contributed by atoms with E-state index in [-0.39, 0.29) is 0 Å². The molecule has 2 aromatic heterocycles. The van der Waals surface area contributed by atoms with Crippen LogP contribution in [0.3, 0.4) is 0 Å². The van der Waals surface area contributed by atoms with Crippen molar-refractivity contribution < 1.29 is 4.74 Å². The van der Waals surface area contributed by atoms with Gasteiger partial charge in [-0.2, -0.15) is 4.98 Å². The molecule has 0 spiro atoms. The Morgan fingerprint density at radius 3 is 2.67 bits per heavy atom. The van der Waals surface area contributed by atoms with Crippen LogP contribution in [0.5, 0.6) is 5.88 Å². The zero-order valence-corrected chi connectivity index (χ0v) is 14.8. The molecule has 24 heavy (non-hydrogen) atoms. The number of methoxy groups -OCH3 is 1. The topological polar surface area (TPSA) is 66.4 Å². The lowest BCUT2D eigenvalue weighted by Crippen LogP contribution is -2.31. The summed E-state index contributed by atoms with van der Waals surface area (Å²) >= 11 is 5.80. The quantitative estimate of drug-likeness (QED) is 0.890. The van der Waals surface area contributed by atoms with E-state index < -0.39 is 0 Å². The Balaban J connectivity index is 1.77. The molecule has 1 saturated heterocycles. The smallest absolute Gasteiger partial charge is 0.239 e. The largest absolute Gasteiger partial charge is 0.479 e. The normalized spacial score (nSPS) is 17.4. The Morgan fingerprint density at radius 2 is 2.04 bits per heavy atom. The van der Waals surface area contributed by atoms with Crippen molar-refractivity contribution in [3.63, 3.8) is 0 Å². The molecular weight excluding hydrogens is 328 g/mol. The summed E-state index contributed by atoms with van der Waals surface area (Å²) in [6.07, 6.45) is 4.21. The maximum atomic E-state index is 5.80. The molecule has 1 aliphatic rings. The van der Waals surface area contributed by atoms with Crippen LogP contribution in [0.4, 0.5) is 17.5 Å². The molecule has 8 heteroatoms. The van der Waals surface area contributed by atoms with E-state index >= 15 is 0 Å². The number of hydrogen-bond donors (Lipinski definition) is 1. The van der Waals surface area contributed by atoms with Crippen LogP contribution in [0.2, 0.25) is 5.02 Å². The van der Waals surface area contributed by atoms with E-state index in [0.29, 0.717) is 28.6 Å². The van der Waals surface area contributed by atoms with Crippen LogP contribution < -0.4 is 15.0 Å². The minimum absolute atomic E-state index is 0.445. The molecule has 128 valence electrons. The maximum absolute atomic E-state index is 5.80. The summed E-state index contributed by atoms with van der Waals surface area (Å²) < 4.78 is 5.42. The van der Waals surface area contributed by atoms with Gasteiger partial charge in [-0.25, -0.2) is 9.97 Å². The molecule has 0 aliphatic carbocycles. The monoisotopic (exact) mass is 348 g/mol. The molecule has 1 unspecified atom stereocenters. The van der Waals surface area contributed by atoms with Gasteiger partial charge in [0.2, 0.25) is 11.8 Å². The minimum atomic E-state index is 0.445. The first-order chi connectivity index (χ1) is 11.6. The summed E-state index contributed by atoms with van der Waals surface area (Å²) in [5.41, 5.74) is 0.715. The lowest BCUT2D eigenvalue weighted by Gasteiger charge is -2.21. The fourth-order valence-electron chi connectivity index (χ4n) is 2.73. The minimum Gasteiger partial charge on any atom is -0.479 e. The van der Waals surface area contributed by atoms with E-state index in [1.165, 1.54) is 12.4 Å². The lowest BCUT2D eigenvalue weighted by atomic mass is 10.2. The highest BCUT2D eigenvalue weighted by molar-refractivity contribution is 6.30. The number of rotatable bonds is 5. The Morgan fingerprint density at radius 1 is 1.29 bits per heavy atom. The first-order valence-corrected chi connectivity index (χ1v) is 8.15. The highest BCUT2D eigenvalue weighted by Gasteiger charge is 2.25.